The van der Waals surface area contributed by atoms with Gasteiger partial charge in [-0.05, 0) is 6.07 Å². The number of rotatable bonds is 3. The molecule has 0 saturated carbocycles. The summed E-state index contributed by atoms with van der Waals surface area (Å²) < 4.78 is 16.8. The first-order valence-electron chi connectivity index (χ1n) is 4.31. The molecule has 1 heterocycles. The van der Waals surface area contributed by atoms with Crippen LogP contribution in [0.2, 0.25) is 0 Å². The first-order valence-corrected chi connectivity index (χ1v) is 4.31. The SMILES string of the molecule is FCCOc1ncc2ccccc2n1. The number of aromatic nitrogens is 2. The number of hydrogen-bond acceptors (Lipinski definition) is 3. The molecule has 0 amide bonds. The number of ether oxygens (including phenoxy) is 1. The number of alkyl halides is 1. The maximum absolute atomic E-state index is 11.8. The van der Waals surface area contributed by atoms with Crippen molar-refractivity contribution < 1.29 is 9.13 Å². The minimum absolute atomic E-state index is 0.00165. The van der Waals surface area contributed by atoms with Crippen LogP contribution < -0.4 is 4.74 Å². The van der Waals surface area contributed by atoms with E-state index in [0.29, 0.717) is 0 Å². The molecule has 1 aromatic heterocycles. The van der Waals surface area contributed by atoms with Crippen LogP contribution in [0.15, 0.2) is 30.5 Å². The molecule has 2 rings (SSSR count). The molecule has 0 aliphatic carbocycles. The van der Waals surface area contributed by atoms with Crippen LogP contribution in [0.4, 0.5) is 4.39 Å². The molecule has 2 aromatic rings. The summed E-state index contributed by atoms with van der Waals surface area (Å²) in [6.07, 6.45) is 1.66. The fraction of sp³-hybridized carbons (Fsp3) is 0.200. The Balaban J connectivity index is 2.32. The van der Waals surface area contributed by atoms with E-state index >= 15 is 0 Å². The highest BCUT2D eigenvalue weighted by Gasteiger charge is 1.99. The highest BCUT2D eigenvalue weighted by molar-refractivity contribution is 5.77. The van der Waals surface area contributed by atoms with Crippen molar-refractivity contribution in [2.45, 2.75) is 0 Å². The zero-order valence-electron chi connectivity index (χ0n) is 7.48. The fourth-order valence-electron chi connectivity index (χ4n) is 1.15. The summed E-state index contributed by atoms with van der Waals surface area (Å²) in [5.41, 5.74) is 0.802. The Morgan fingerprint density at radius 3 is 3.00 bits per heavy atom. The zero-order valence-corrected chi connectivity index (χ0v) is 7.48. The first-order chi connectivity index (χ1) is 6.90. The molecule has 0 fully saturated rings. The number of halogens is 1. The second-order valence-electron chi connectivity index (χ2n) is 2.75. The Labute approximate surface area is 80.6 Å². The Morgan fingerprint density at radius 2 is 2.14 bits per heavy atom. The number of benzene rings is 1. The molecule has 0 N–H and O–H groups in total. The largest absolute Gasteiger partial charge is 0.461 e. The predicted octanol–water partition coefficient (Wildman–Crippen LogP) is 1.98. The van der Waals surface area contributed by atoms with E-state index in [2.05, 4.69) is 9.97 Å². The van der Waals surface area contributed by atoms with Gasteiger partial charge in [0.15, 0.2) is 0 Å². The fourth-order valence-corrected chi connectivity index (χ4v) is 1.15. The summed E-state index contributed by atoms with van der Waals surface area (Å²) in [5.74, 6) is 0. The third-order valence-electron chi connectivity index (χ3n) is 1.78. The maximum atomic E-state index is 11.8. The minimum Gasteiger partial charge on any atom is -0.461 e. The molecule has 1 aromatic carbocycles. The second kappa shape index (κ2) is 4.00. The van der Waals surface area contributed by atoms with E-state index in [1.54, 1.807) is 6.20 Å². The third-order valence-corrected chi connectivity index (χ3v) is 1.78. The van der Waals surface area contributed by atoms with Gasteiger partial charge in [0.2, 0.25) is 0 Å². The number of para-hydroxylation sites is 1. The van der Waals surface area contributed by atoms with Crippen LogP contribution in [0.5, 0.6) is 6.01 Å². The lowest BCUT2D eigenvalue weighted by Crippen LogP contribution is -2.02. The van der Waals surface area contributed by atoms with Crippen LogP contribution in [0.3, 0.4) is 0 Å². The van der Waals surface area contributed by atoms with Crippen molar-refractivity contribution in [1.29, 1.82) is 0 Å². The summed E-state index contributed by atoms with van der Waals surface area (Å²) in [6, 6.07) is 7.79. The Kier molecular flexibility index (Phi) is 2.53. The molecule has 0 unspecified atom stereocenters. The number of nitrogens with zero attached hydrogens (tertiary/aromatic N) is 2. The lowest BCUT2D eigenvalue weighted by molar-refractivity contribution is 0.256. The van der Waals surface area contributed by atoms with Gasteiger partial charge in [-0.3, -0.25) is 0 Å². The van der Waals surface area contributed by atoms with E-state index in [-0.39, 0.29) is 12.6 Å². The lowest BCUT2D eigenvalue weighted by Gasteiger charge is -2.01. The van der Waals surface area contributed by atoms with Crippen molar-refractivity contribution in [3.8, 4) is 6.01 Å². The van der Waals surface area contributed by atoms with Gasteiger partial charge in [-0.2, -0.15) is 4.98 Å². The van der Waals surface area contributed by atoms with Crippen molar-refractivity contribution in [3.05, 3.63) is 30.5 Å². The lowest BCUT2D eigenvalue weighted by atomic mass is 10.2. The summed E-state index contributed by atoms with van der Waals surface area (Å²) in [7, 11) is 0. The van der Waals surface area contributed by atoms with Crippen molar-refractivity contribution in [2.24, 2.45) is 0 Å². The van der Waals surface area contributed by atoms with Gasteiger partial charge < -0.3 is 4.74 Å². The molecule has 14 heavy (non-hydrogen) atoms. The van der Waals surface area contributed by atoms with Gasteiger partial charge in [-0.15, -0.1) is 0 Å². The summed E-state index contributed by atoms with van der Waals surface area (Å²) >= 11 is 0. The van der Waals surface area contributed by atoms with E-state index in [1.165, 1.54) is 0 Å². The van der Waals surface area contributed by atoms with Crippen LogP contribution in [-0.2, 0) is 0 Å². The van der Waals surface area contributed by atoms with Crippen LogP contribution in [0, 0.1) is 0 Å². The Bertz CT molecular complexity index is 433. The second-order valence-corrected chi connectivity index (χ2v) is 2.75. The van der Waals surface area contributed by atoms with Gasteiger partial charge >= 0.3 is 6.01 Å². The molecule has 0 radical (unpaired) electrons. The smallest absolute Gasteiger partial charge is 0.317 e. The highest BCUT2D eigenvalue weighted by Crippen LogP contribution is 2.12. The molecule has 0 atom stereocenters. The van der Waals surface area contributed by atoms with Crippen molar-refractivity contribution in [3.63, 3.8) is 0 Å². The van der Waals surface area contributed by atoms with Crippen molar-refractivity contribution in [1.82, 2.24) is 9.97 Å². The zero-order chi connectivity index (χ0) is 9.80. The quantitative estimate of drug-likeness (QED) is 0.745. The van der Waals surface area contributed by atoms with Gasteiger partial charge in [0.1, 0.15) is 13.3 Å². The molecule has 0 saturated heterocycles. The van der Waals surface area contributed by atoms with Crippen LogP contribution in [0.1, 0.15) is 0 Å². The van der Waals surface area contributed by atoms with Crippen molar-refractivity contribution >= 4 is 10.9 Å². The van der Waals surface area contributed by atoms with Crippen molar-refractivity contribution in [2.75, 3.05) is 13.3 Å². The Morgan fingerprint density at radius 1 is 1.29 bits per heavy atom. The van der Waals surface area contributed by atoms with Gasteiger partial charge in [0.25, 0.3) is 0 Å². The van der Waals surface area contributed by atoms with E-state index in [9.17, 15) is 4.39 Å². The maximum Gasteiger partial charge on any atom is 0.317 e. The molecule has 0 bridgehead atoms. The van der Waals surface area contributed by atoms with Gasteiger partial charge in [-0.1, -0.05) is 18.2 Å². The van der Waals surface area contributed by atoms with Crippen LogP contribution in [-0.4, -0.2) is 23.2 Å². The van der Waals surface area contributed by atoms with E-state index < -0.39 is 6.67 Å². The predicted molar refractivity (Wildman–Crippen MR) is 51.0 cm³/mol. The van der Waals surface area contributed by atoms with Gasteiger partial charge in [0, 0.05) is 11.6 Å². The van der Waals surface area contributed by atoms with E-state index in [0.717, 1.165) is 10.9 Å². The highest BCUT2D eigenvalue weighted by atomic mass is 19.1. The number of fused-ring (bicyclic) bond motifs is 1. The summed E-state index contributed by atoms with van der Waals surface area (Å²) in [4.78, 5) is 8.06. The molecule has 0 aliphatic rings. The average Bonchev–Trinajstić information content (AvgIpc) is 2.26. The molecule has 72 valence electrons. The minimum atomic E-state index is -0.532. The average molecular weight is 192 g/mol. The third kappa shape index (κ3) is 1.79. The number of hydrogen-bond donors (Lipinski definition) is 0. The van der Waals surface area contributed by atoms with E-state index in [1.807, 2.05) is 24.3 Å². The molecule has 0 spiro atoms. The van der Waals surface area contributed by atoms with Crippen LogP contribution in [0.25, 0.3) is 10.9 Å². The summed E-state index contributed by atoms with van der Waals surface area (Å²) in [6.45, 7) is -0.533. The monoisotopic (exact) mass is 192 g/mol. The molecule has 0 aliphatic heterocycles. The Hall–Kier alpha value is -1.71. The standard InChI is InChI=1S/C10H9FN2O/c11-5-6-14-10-12-7-8-3-1-2-4-9(8)13-10/h1-4,7H,5-6H2. The van der Waals surface area contributed by atoms with Crippen LogP contribution >= 0.6 is 0 Å². The van der Waals surface area contributed by atoms with Gasteiger partial charge in [-0.25, -0.2) is 9.37 Å². The normalized spacial score (nSPS) is 10.4. The topological polar surface area (TPSA) is 35.0 Å². The molecular formula is C10H9FN2O. The summed E-state index contributed by atoms with van der Waals surface area (Å²) in [5, 5.41) is 0.945. The first kappa shape index (κ1) is 8.87. The molecule has 3 nitrogen and oxygen atoms in total. The van der Waals surface area contributed by atoms with Gasteiger partial charge in [0.05, 0.1) is 5.52 Å². The van der Waals surface area contributed by atoms with E-state index in [4.69, 9.17) is 4.74 Å². The molecular weight excluding hydrogens is 183 g/mol. The molecule has 4 heteroatoms.